The van der Waals surface area contributed by atoms with Crippen molar-refractivity contribution in [2.24, 2.45) is 0 Å². The van der Waals surface area contributed by atoms with Crippen LogP contribution in [-0.2, 0) is 16.2 Å². The van der Waals surface area contributed by atoms with Crippen molar-refractivity contribution < 1.29 is 33.3 Å². The second kappa shape index (κ2) is 11.8. The molecule has 3 aromatic rings. The zero-order chi connectivity index (χ0) is 28.1. The van der Waals surface area contributed by atoms with Gasteiger partial charge in [0.25, 0.3) is 11.1 Å². The van der Waals surface area contributed by atoms with Crippen LogP contribution in [-0.4, -0.2) is 41.9 Å². The second-order valence-electron chi connectivity index (χ2n) is 8.58. The number of hydrogen-bond donors (Lipinski definition) is 1. The molecule has 5 rings (SSSR count). The minimum atomic E-state index is -0.567. The highest BCUT2D eigenvalue weighted by molar-refractivity contribution is 8.18. The zero-order valence-corrected chi connectivity index (χ0v) is 22.2. The maximum Gasteiger partial charge on any atom is 0.294 e. The van der Waals surface area contributed by atoms with Gasteiger partial charge in [-0.3, -0.25) is 19.3 Å². The van der Waals surface area contributed by atoms with E-state index < -0.39 is 23.6 Å². The van der Waals surface area contributed by atoms with Crippen molar-refractivity contribution in [1.29, 1.82) is 5.26 Å². The summed E-state index contributed by atoms with van der Waals surface area (Å²) in [6.45, 7) is 2.06. The molecule has 0 spiro atoms. The number of anilines is 1. The van der Waals surface area contributed by atoms with E-state index in [1.54, 1.807) is 54.6 Å². The number of benzene rings is 3. The summed E-state index contributed by atoms with van der Waals surface area (Å²) in [5, 5.41) is 11.4. The predicted molar refractivity (Wildman–Crippen MR) is 147 cm³/mol. The van der Waals surface area contributed by atoms with Gasteiger partial charge in [0, 0.05) is 17.3 Å². The van der Waals surface area contributed by atoms with Crippen LogP contribution in [0.2, 0.25) is 0 Å². The molecule has 40 heavy (non-hydrogen) atoms. The fourth-order valence-electron chi connectivity index (χ4n) is 4.02. The van der Waals surface area contributed by atoms with Crippen LogP contribution in [0.5, 0.6) is 23.0 Å². The summed E-state index contributed by atoms with van der Waals surface area (Å²) >= 11 is 0.756. The van der Waals surface area contributed by atoms with Crippen LogP contribution in [0.25, 0.3) is 6.08 Å². The standard InChI is InChI=1S/C29H23N3O7S/c1-2-36-24-11-18(7-9-22(24)37-16-20-6-4-3-5-19(20)14-30)12-26-28(34)32(29(35)40-26)15-27(33)31-21-8-10-23-25(13-21)39-17-38-23/h3-13H,2,15-17H2,1H3,(H,31,33)/b26-12+. The smallest absolute Gasteiger partial charge is 0.294 e. The fourth-order valence-corrected chi connectivity index (χ4v) is 4.86. The number of hydrogen-bond acceptors (Lipinski definition) is 9. The largest absolute Gasteiger partial charge is 0.490 e. The Hall–Kier alpha value is -4.95. The molecule has 0 aliphatic carbocycles. The molecule has 0 bridgehead atoms. The van der Waals surface area contributed by atoms with Gasteiger partial charge in [0.1, 0.15) is 13.2 Å². The molecule has 0 saturated carbocycles. The first-order valence-electron chi connectivity index (χ1n) is 12.3. The van der Waals surface area contributed by atoms with Gasteiger partial charge in [0.15, 0.2) is 23.0 Å². The molecular formula is C29H23N3O7S. The minimum Gasteiger partial charge on any atom is -0.490 e. The third kappa shape index (κ3) is 5.87. The molecule has 3 aromatic carbocycles. The molecule has 2 aliphatic heterocycles. The molecule has 202 valence electrons. The van der Waals surface area contributed by atoms with Gasteiger partial charge >= 0.3 is 0 Å². The molecule has 0 atom stereocenters. The van der Waals surface area contributed by atoms with Gasteiger partial charge in [0.05, 0.1) is 23.1 Å². The van der Waals surface area contributed by atoms with Crippen LogP contribution in [0.15, 0.2) is 65.6 Å². The van der Waals surface area contributed by atoms with Crippen molar-refractivity contribution >= 4 is 40.6 Å². The quantitative estimate of drug-likeness (QED) is 0.364. The van der Waals surface area contributed by atoms with Gasteiger partial charge < -0.3 is 24.3 Å². The molecule has 0 aromatic heterocycles. The molecule has 3 amide bonds. The number of fused-ring (bicyclic) bond motifs is 1. The van der Waals surface area contributed by atoms with Crippen molar-refractivity contribution in [3.8, 4) is 29.1 Å². The van der Waals surface area contributed by atoms with Gasteiger partial charge in [-0.25, -0.2) is 0 Å². The lowest BCUT2D eigenvalue weighted by molar-refractivity contribution is -0.127. The highest BCUT2D eigenvalue weighted by Crippen LogP contribution is 2.36. The van der Waals surface area contributed by atoms with Gasteiger partial charge in [-0.05, 0) is 60.7 Å². The molecule has 1 fully saturated rings. The number of carbonyl (C=O) groups is 3. The average molecular weight is 558 g/mol. The monoisotopic (exact) mass is 557 g/mol. The number of amides is 3. The van der Waals surface area contributed by atoms with Gasteiger partial charge in [-0.2, -0.15) is 5.26 Å². The van der Waals surface area contributed by atoms with Crippen LogP contribution in [0, 0.1) is 11.3 Å². The molecule has 2 heterocycles. The molecule has 1 saturated heterocycles. The van der Waals surface area contributed by atoms with Crippen molar-refractivity contribution in [3.05, 3.63) is 82.3 Å². The number of thioether (sulfide) groups is 1. The van der Waals surface area contributed by atoms with E-state index in [9.17, 15) is 19.6 Å². The van der Waals surface area contributed by atoms with Crippen molar-refractivity contribution in [2.75, 3.05) is 25.3 Å². The molecule has 0 radical (unpaired) electrons. The van der Waals surface area contributed by atoms with Crippen LogP contribution in [0.3, 0.4) is 0 Å². The first-order chi connectivity index (χ1) is 19.4. The molecule has 2 aliphatic rings. The summed E-state index contributed by atoms with van der Waals surface area (Å²) in [7, 11) is 0. The minimum absolute atomic E-state index is 0.106. The number of imide groups is 1. The maximum atomic E-state index is 13.0. The Labute approximate surface area is 234 Å². The third-order valence-corrected chi connectivity index (χ3v) is 6.83. The summed E-state index contributed by atoms with van der Waals surface area (Å²) in [6.07, 6.45) is 1.57. The van der Waals surface area contributed by atoms with E-state index >= 15 is 0 Å². The lowest BCUT2D eigenvalue weighted by Crippen LogP contribution is -2.36. The Balaban J connectivity index is 1.26. The van der Waals surface area contributed by atoms with E-state index in [-0.39, 0.29) is 18.3 Å². The number of ether oxygens (including phenoxy) is 4. The van der Waals surface area contributed by atoms with E-state index in [0.29, 0.717) is 46.4 Å². The van der Waals surface area contributed by atoms with Gasteiger partial charge in [-0.1, -0.05) is 24.3 Å². The predicted octanol–water partition coefficient (Wildman–Crippen LogP) is 4.94. The van der Waals surface area contributed by atoms with E-state index in [0.717, 1.165) is 22.2 Å². The topological polar surface area (TPSA) is 127 Å². The third-order valence-electron chi connectivity index (χ3n) is 5.92. The average Bonchev–Trinajstić information content (AvgIpc) is 3.52. The highest BCUT2D eigenvalue weighted by atomic mass is 32.2. The number of rotatable bonds is 9. The van der Waals surface area contributed by atoms with Crippen molar-refractivity contribution in [3.63, 3.8) is 0 Å². The molecular weight excluding hydrogens is 534 g/mol. The van der Waals surface area contributed by atoms with E-state index in [2.05, 4.69) is 11.4 Å². The number of nitrogens with one attached hydrogen (secondary N) is 1. The summed E-state index contributed by atoms with van der Waals surface area (Å²) < 4.78 is 22.2. The Morgan fingerprint density at radius 3 is 2.73 bits per heavy atom. The van der Waals surface area contributed by atoms with Gasteiger partial charge in [-0.15, -0.1) is 0 Å². The second-order valence-corrected chi connectivity index (χ2v) is 9.57. The summed E-state index contributed by atoms with van der Waals surface area (Å²) in [6, 6.07) is 19.4. The number of nitrogens with zero attached hydrogens (tertiary/aromatic N) is 2. The van der Waals surface area contributed by atoms with Crippen molar-refractivity contribution in [2.45, 2.75) is 13.5 Å². The van der Waals surface area contributed by atoms with Crippen LogP contribution in [0.1, 0.15) is 23.6 Å². The summed E-state index contributed by atoms with van der Waals surface area (Å²) in [5.41, 5.74) is 2.34. The van der Waals surface area contributed by atoms with E-state index in [4.69, 9.17) is 18.9 Å². The number of carbonyl (C=O) groups excluding carboxylic acids is 3. The summed E-state index contributed by atoms with van der Waals surface area (Å²) in [4.78, 5) is 39.2. The van der Waals surface area contributed by atoms with E-state index in [1.807, 2.05) is 19.1 Å². The van der Waals surface area contributed by atoms with Crippen LogP contribution in [0.4, 0.5) is 10.5 Å². The van der Waals surface area contributed by atoms with Crippen LogP contribution < -0.4 is 24.3 Å². The maximum absolute atomic E-state index is 13.0. The number of nitriles is 1. The zero-order valence-electron chi connectivity index (χ0n) is 21.3. The van der Waals surface area contributed by atoms with Gasteiger partial charge in [0.2, 0.25) is 12.7 Å². The normalized spacial score (nSPS) is 14.8. The first-order valence-corrected chi connectivity index (χ1v) is 13.1. The Morgan fingerprint density at radius 1 is 1.07 bits per heavy atom. The van der Waals surface area contributed by atoms with Crippen molar-refractivity contribution in [1.82, 2.24) is 4.90 Å². The highest BCUT2D eigenvalue weighted by Gasteiger charge is 2.36. The Kier molecular flexibility index (Phi) is 7.89. The lowest BCUT2D eigenvalue weighted by atomic mass is 10.1. The molecule has 11 heteroatoms. The Morgan fingerprint density at radius 2 is 1.90 bits per heavy atom. The fraction of sp³-hybridized carbons (Fsp3) is 0.172. The molecule has 1 N–H and O–H groups in total. The summed E-state index contributed by atoms with van der Waals surface area (Å²) in [5.74, 6) is 0.906. The first kappa shape index (κ1) is 26.6. The van der Waals surface area contributed by atoms with E-state index in [1.165, 1.54) is 0 Å². The molecule has 0 unspecified atom stereocenters. The molecule has 10 nitrogen and oxygen atoms in total. The SMILES string of the molecule is CCOc1cc(/C=C2/SC(=O)N(CC(=O)Nc3ccc4c(c3)OCO4)C2=O)ccc1OCc1ccccc1C#N. The Bertz CT molecular complexity index is 1560. The lowest BCUT2D eigenvalue weighted by Gasteiger charge is -2.13. The van der Waals surface area contributed by atoms with Crippen LogP contribution >= 0.6 is 11.8 Å².